The van der Waals surface area contributed by atoms with Gasteiger partial charge in [0.2, 0.25) is 0 Å². The predicted molar refractivity (Wildman–Crippen MR) is 102 cm³/mol. The van der Waals surface area contributed by atoms with Crippen LogP contribution >= 0.6 is 0 Å². The Morgan fingerprint density at radius 3 is 2.85 bits per heavy atom. The van der Waals surface area contributed by atoms with Crippen molar-refractivity contribution in [2.45, 2.75) is 12.2 Å². The first-order chi connectivity index (χ1) is 13.3. The zero-order valence-corrected chi connectivity index (χ0v) is 14.9. The normalized spacial score (nSPS) is 16.9. The van der Waals surface area contributed by atoms with Gasteiger partial charge in [-0.15, -0.1) is 0 Å². The maximum Gasteiger partial charge on any atom is 0.161 e. The van der Waals surface area contributed by atoms with E-state index in [1.165, 1.54) is 0 Å². The van der Waals surface area contributed by atoms with Gasteiger partial charge in [0.05, 0.1) is 5.52 Å². The van der Waals surface area contributed by atoms with Crippen LogP contribution in [0.4, 0.5) is 0 Å². The molecule has 0 spiro atoms. The minimum Gasteiger partial charge on any atom is -0.490 e. The molecule has 1 aliphatic rings. The summed E-state index contributed by atoms with van der Waals surface area (Å²) in [5.41, 5.74) is 0.873. The highest BCUT2D eigenvalue weighted by molar-refractivity contribution is 5.84. The molecule has 0 aliphatic carbocycles. The fourth-order valence-electron chi connectivity index (χ4n) is 3.01. The van der Waals surface area contributed by atoms with Gasteiger partial charge in [0.25, 0.3) is 0 Å². The number of para-hydroxylation sites is 3. The van der Waals surface area contributed by atoms with E-state index in [1.54, 1.807) is 6.20 Å². The Hall–Kier alpha value is -2.83. The quantitative estimate of drug-likeness (QED) is 0.669. The summed E-state index contributed by atoms with van der Waals surface area (Å²) in [6, 6.07) is 17.2. The summed E-state index contributed by atoms with van der Waals surface area (Å²) in [4.78, 5) is 4.31. The van der Waals surface area contributed by atoms with Gasteiger partial charge in [-0.1, -0.05) is 24.3 Å². The minimum atomic E-state index is -0.631. The lowest BCUT2D eigenvalue weighted by atomic mass is 10.2. The maximum absolute atomic E-state index is 10.2. The molecule has 0 saturated heterocycles. The summed E-state index contributed by atoms with van der Waals surface area (Å²) in [5.74, 6) is 2.25. The molecule has 2 atom stereocenters. The van der Waals surface area contributed by atoms with Crippen molar-refractivity contribution < 1.29 is 19.3 Å². The topological polar surface area (TPSA) is 72.8 Å². The lowest BCUT2D eigenvalue weighted by molar-refractivity contribution is 0.0780. The smallest absolute Gasteiger partial charge is 0.161 e. The van der Waals surface area contributed by atoms with Crippen LogP contribution in [0, 0.1) is 0 Å². The molecule has 140 valence electrons. The first-order valence-electron chi connectivity index (χ1n) is 9.03. The second-order valence-electron chi connectivity index (χ2n) is 6.45. The number of hydrogen-bond acceptors (Lipinski definition) is 6. The number of benzene rings is 2. The van der Waals surface area contributed by atoms with Crippen molar-refractivity contribution in [3.05, 3.63) is 60.8 Å². The molecular formula is C21H22N2O4. The summed E-state index contributed by atoms with van der Waals surface area (Å²) in [5, 5.41) is 14.3. The van der Waals surface area contributed by atoms with Crippen LogP contribution < -0.4 is 19.5 Å². The molecule has 27 heavy (non-hydrogen) atoms. The highest BCUT2D eigenvalue weighted by Gasteiger charge is 2.20. The van der Waals surface area contributed by atoms with E-state index in [9.17, 15) is 5.11 Å². The second-order valence-corrected chi connectivity index (χ2v) is 6.45. The molecule has 6 nitrogen and oxygen atoms in total. The number of hydrogen-bond donors (Lipinski definition) is 2. The Morgan fingerprint density at radius 2 is 1.93 bits per heavy atom. The van der Waals surface area contributed by atoms with Gasteiger partial charge in [-0.3, -0.25) is 4.98 Å². The Morgan fingerprint density at radius 1 is 1.11 bits per heavy atom. The summed E-state index contributed by atoms with van der Waals surface area (Å²) in [6.07, 6.45) is 0.992. The van der Waals surface area contributed by atoms with Gasteiger partial charge < -0.3 is 24.6 Å². The molecule has 4 rings (SSSR count). The first kappa shape index (κ1) is 17.6. The first-order valence-corrected chi connectivity index (χ1v) is 9.03. The lowest BCUT2D eigenvalue weighted by Crippen LogP contribution is -2.41. The van der Waals surface area contributed by atoms with Crippen molar-refractivity contribution in [2.75, 3.05) is 26.3 Å². The number of nitrogens with zero attached hydrogens (tertiary/aromatic N) is 1. The Balaban J connectivity index is 1.23. The molecule has 0 radical (unpaired) electrons. The van der Waals surface area contributed by atoms with E-state index >= 15 is 0 Å². The number of aliphatic hydroxyl groups excluding tert-OH is 1. The summed E-state index contributed by atoms with van der Waals surface area (Å²) >= 11 is 0. The molecule has 1 aliphatic heterocycles. The third kappa shape index (κ3) is 4.30. The molecule has 0 saturated carbocycles. The van der Waals surface area contributed by atoms with Gasteiger partial charge >= 0.3 is 0 Å². The molecule has 2 aromatic carbocycles. The van der Waals surface area contributed by atoms with Crippen LogP contribution in [-0.2, 0) is 0 Å². The Kier molecular flexibility index (Phi) is 5.37. The number of aliphatic hydroxyl groups is 1. The van der Waals surface area contributed by atoms with E-state index in [-0.39, 0.29) is 12.7 Å². The third-order valence-corrected chi connectivity index (χ3v) is 4.36. The van der Waals surface area contributed by atoms with E-state index in [4.69, 9.17) is 14.2 Å². The largest absolute Gasteiger partial charge is 0.490 e. The van der Waals surface area contributed by atoms with Crippen molar-refractivity contribution in [1.82, 2.24) is 10.3 Å². The predicted octanol–water partition coefficient (Wildman–Crippen LogP) is 2.40. The third-order valence-electron chi connectivity index (χ3n) is 4.36. The van der Waals surface area contributed by atoms with Crippen LogP contribution in [0.5, 0.6) is 17.2 Å². The average Bonchev–Trinajstić information content (AvgIpc) is 2.72. The fourth-order valence-corrected chi connectivity index (χ4v) is 3.01. The van der Waals surface area contributed by atoms with E-state index in [1.807, 2.05) is 54.6 Å². The van der Waals surface area contributed by atoms with Gasteiger partial charge in [-0.25, -0.2) is 0 Å². The van der Waals surface area contributed by atoms with Gasteiger partial charge in [0, 0.05) is 24.7 Å². The van der Waals surface area contributed by atoms with Gasteiger partial charge in [-0.2, -0.15) is 0 Å². The van der Waals surface area contributed by atoms with Gasteiger partial charge in [0.15, 0.2) is 11.5 Å². The van der Waals surface area contributed by atoms with Crippen molar-refractivity contribution in [3.8, 4) is 17.2 Å². The molecule has 2 N–H and O–H groups in total. The molecule has 0 fully saturated rings. The van der Waals surface area contributed by atoms with E-state index in [0.717, 1.165) is 28.2 Å². The lowest BCUT2D eigenvalue weighted by Gasteiger charge is -2.27. The molecule has 6 heteroatoms. The van der Waals surface area contributed by atoms with Crippen LogP contribution in [0.15, 0.2) is 60.8 Å². The SMILES string of the molecule is O[C@@H](CNCC1COc2ccccc2O1)COc1ccnc2ccccc12. The van der Waals surface area contributed by atoms with Crippen LogP contribution in [0.3, 0.4) is 0 Å². The van der Waals surface area contributed by atoms with Crippen molar-refractivity contribution in [1.29, 1.82) is 0 Å². The molecule has 1 aromatic heterocycles. The van der Waals surface area contributed by atoms with Crippen molar-refractivity contribution >= 4 is 10.9 Å². The maximum atomic E-state index is 10.2. The highest BCUT2D eigenvalue weighted by Crippen LogP contribution is 2.30. The van der Waals surface area contributed by atoms with Gasteiger partial charge in [-0.05, 0) is 30.3 Å². The van der Waals surface area contributed by atoms with E-state index in [0.29, 0.717) is 19.7 Å². The number of fused-ring (bicyclic) bond motifs is 2. The van der Waals surface area contributed by atoms with Crippen LogP contribution in [0.25, 0.3) is 10.9 Å². The Labute approximate surface area is 157 Å². The number of aromatic nitrogens is 1. The summed E-state index contributed by atoms with van der Waals surface area (Å²) in [6.45, 7) is 1.68. The van der Waals surface area contributed by atoms with E-state index in [2.05, 4.69) is 10.3 Å². The second kappa shape index (κ2) is 8.24. The van der Waals surface area contributed by atoms with Crippen LogP contribution in [0.1, 0.15) is 0 Å². The molecule has 1 unspecified atom stereocenters. The number of nitrogens with one attached hydrogen (secondary N) is 1. The number of ether oxygens (including phenoxy) is 3. The standard InChI is InChI=1S/C21H22N2O4/c24-15(13-25-19-9-10-23-18-6-2-1-5-17(18)19)11-22-12-16-14-26-20-7-3-4-8-21(20)27-16/h1-10,15-16,22,24H,11-14H2/t15-,16?/m0/s1. The van der Waals surface area contributed by atoms with Crippen molar-refractivity contribution in [2.24, 2.45) is 0 Å². The van der Waals surface area contributed by atoms with E-state index < -0.39 is 6.10 Å². The zero-order chi connectivity index (χ0) is 18.5. The number of rotatable bonds is 7. The highest BCUT2D eigenvalue weighted by atomic mass is 16.6. The molecular weight excluding hydrogens is 344 g/mol. The monoisotopic (exact) mass is 366 g/mol. The number of pyridine rings is 1. The van der Waals surface area contributed by atoms with Crippen molar-refractivity contribution in [3.63, 3.8) is 0 Å². The molecule has 0 amide bonds. The molecule has 0 bridgehead atoms. The zero-order valence-electron chi connectivity index (χ0n) is 14.9. The molecule has 3 aromatic rings. The summed E-state index contributed by atoms with van der Waals surface area (Å²) < 4.78 is 17.3. The van der Waals surface area contributed by atoms with Gasteiger partial charge in [0.1, 0.15) is 31.2 Å². The molecule has 2 heterocycles. The fraction of sp³-hybridized carbons (Fsp3) is 0.286. The summed E-state index contributed by atoms with van der Waals surface area (Å²) in [7, 11) is 0. The Bertz CT molecular complexity index is 897. The van der Waals surface area contributed by atoms with Crippen LogP contribution in [-0.4, -0.2) is 48.6 Å². The minimum absolute atomic E-state index is 0.0860. The average molecular weight is 366 g/mol. The van der Waals surface area contributed by atoms with Crippen LogP contribution in [0.2, 0.25) is 0 Å².